The molecule has 4 heteroatoms. The Kier molecular flexibility index (Phi) is 5.22. The van der Waals surface area contributed by atoms with Gasteiger partial charge in [-0.2, -0.15) is 0 Å². The summed E-state index contributed by atoms with van der Waals surface area (Å²) < 4.78 is 0. The van der Waals surface area contributed by atoms with Crippen molar-refractivity contribution < 1.29 is 4.79 Å². The van der Waals surface area contributed by atoms with Crippen LogP contribution in [0.4, 0.5) is 0 Å². The molecule has 2 N–H and O–H groups in total. The van der Waals surface area contributed by atoms with Gasteiger partial charge in [0.2, 0.25) is 5.91 Å². The van der Waals surface area contributed by atoms with Gasteiger partial charge in [-0.15, -0.1) is 11.3 Å². The number of aryl methyl sites for hydroxylation is 1. The highest BCUT2D eigenvalue weighted by Crippen LogP contribution is 2.35. The van der Waals surface area contributed by atoms with Crippen molar-refractivity contribution in [1.29, 1.82) is 0 Å². The van der Waals surface area contributed by atoms with Crippen LogP contribution in [0.3, 0.4) is 0 Å². The van der Waals surface area contributed by atoms with Gasteiger partial charge in [-0.1, -0.05) is 13.8 Å². The maximum Gasteiger partial charge on any atom is 0.229 e. The summed E-state index contributed by atoms with van der Waals surface area (Å²) in [5.41, 5.74) is 7.34. The molecule has 1 aliphatic carbocycles. The number of likely N-dealkylation sites (N-methyl/N-ethyl adjacent to an activating group) is 1. The topological polar surface area (TPSA) is 46.3 Å². The van der Waals surface area contributed by atoms with Crippen molar-refractivity contribution in [2.24, 2.45) is 11.7 Å². The van der Waals surface area contributed by atoms with Crippen LogP contribution < -0.4 is 5.73 Å². The molecular formula is C16H26N2OS. The molecule has 20 heavy (non-hydrogen) atoms. The maximum atomic E-state index is 12.6. The van der Waals surface area contributed by atoms with Crippen LogP contribution in [0.2, 0.25) is 0 Å². The first-order valence-electron chi connectivity index (χ1n) is 7.57. The van der Waals surface area contributed by atoms with Crippen LogP contribution >= 0.6 is 11.3 Å². The van der Waals surface area contributed by atoms with Crippen molar-refractivity contribution in [3.05, 3.63) is 21.9 Å². The van der Waals surface area contributed by atoms with Crippen molar-refractivity contribution >= 4 is 17.2 Å². The zero-order chi connectivity index (χ0) is 14.7. The molecule has 2 unspecified atom stereocenters. The molecule has 1 amide bonds. The van der Waals surface area contributed by atoms with Gasteiger partial charge in [-0.05, 0) is 48.6 Å². The van der Waals surface area contributed by atoms with Crippen LogP contribution in [0.5, 0.6) is 0 Å². The standard InChI is InChI=1S/C16H26N2OS/c1-11(2)14(17)7-9-18(3)16(19)13-5-4-6-15-12(13)8-10-20-15/h8,10-11,13-14H,4-7,9,17H2,1-3H3. The molecule has 112 valence electrons. The van der Waals surface area contributed by atoms with Crippen LogP contribution in [-0.2, 0) is 11.2 Å². The number of nitrogens with two attached hydrogens (primary N) is 1. The molecule has 0 saturated carbocycles. The van der Waals surface area contributed by atoms with Gasteiger partial charge >= 0.3 is 0 Å². The average molecular weight is 294 g/mol. The molecule has 1 heterocycles. The fraction of sp³-hybridized carbons (Fsp3) is 0.688. The summed E-state index contributed by atoms with van der Waals surface area (Å²) in [5, 5.41) is 2.12. The Morgan fingerprint density at radius 3 is 3.00 bits per heavy atom. The minimum Gasteiger partial charge on any atom is -0.345 e. The fourth-order valence-electron chi connectivity index (χ4n) is 2.80. The van der Waals surface area contributed by atoms with Crippen molar-refractivity contribution in [3.63, 3.8) is 0 Å². The largest absolute Gasteiger partial charge is 0.345 e. The van der Waals surface area contributed by atoms with Gasteiger partial charge in [0.15, 0.2) is 0 Å². The summed E-state index contributed by atoms with van der Waals surface area (Å²) in [6.07, 6.45) is 4.13. The van der Waals surface area contributed by atoms with Gasteiger partial charge in [0.25, 0.3) is 0 Å². The quantitative estimate of drug-likeness (QED) is 0.907. The molecule has 0 radical (unpaired) electrons. The number of amides is 1. The van der Waals surface area contributed by atoms with Crippen LogP contribution in [-0.4, -0.2) is 30.4 Å². The molecule has 2 atom stereocenters. The molecule has 1 aromatic heterocycles. The Balaban J connectivity index is 1.95. The van der Waals surface area contributed by atoms with E-state index in [4.69, 9.17) is 5.73 Å². The van der Waals surface area contributed by atoms with Crippen molar-refractivity contribution in [2.45, 2.75) is 51.5 Å². The van der Waals surface area contributed by atoms with E-state index in [0.717, 1.165) is 32.2 Å². The minimum absolute atomic E-state index is 0.0743. The Morgan fingerprint density at radius 2 is 2.30 bits per heavy atom. The Bertz CT molecular complexity index is 455. The number of thiophene rings is 1. The lowest BCUT2D eigenvalue weighted by Crippen LogP contribution is -2.37. The van der Waals surface area contributed by atoms with E-state index < -0.39 is 0 Å². The second-order valence-corrected chi connectivity index (χ2v) is 7.20. The second kappa shape index (κ2) is 6.72. The lowest BCUT2D eigenvalue weighted by atomic mass is 9.86. The second-order valence-electron chi connectivity index (χ2n) is 6.20. The summed E-state index contributed by atoms with van der Waals surface area (Å²) in [6, 6.07) is 2.31. The molecule has 0 saturated heterocycles. The molecule has 1 aromatic rings. The highest BCUT2D eigenvalue weighted by molar-refractivity contribution is 7.10. The van der Waals surface area contributed by atoms with Crippen molar-refractivity contribution in [3.8, 4) is 0 Å². The Morgan fingerprint density at radius 1 is 1.55 bits per heavy atom. The summed E-state index contributed by atoms with van der Waals surface area (Å²) in [6.45, 7) is 5.02. The highest BCUT2D eigenvalue weighted by atomic mass is 32.1. The van der Waals surface area contributed by atoms with Gasteiger partial charge in [0, 0.05) is 24.5 Å². The predicted octanol–water partition coefficient (Wildman–Crippen LogP) is 3.00. The number of rotatable bonds is 5. The zero-order valence-electron chi connectivity index (χ0n) is 12.8. The lowest BCUT2D eigenvalue weighted by molar-refractivity contribution is -0.132. The average Bonchev–Trinajstić information content (AvgIpc) is 2.91. The van der Waals surface area contributed by atoms with Gasteiger partial charge in [-0.3, -0.25) is 4.79 Å². The van der Waals surface area contributed by atoms with Gasteiger partial charge in [0.05, 0.1) is 5.92 Å². The summed E-state index contributed by atoms with van der Waals surface area (Å²) >= 11 is 1.79. The Hall–Kier alpha value is -0.870. The summed E-state index contributed by atoms with van der Waals surface area (Å²) in [4.78, 5) is 15.9. The fourth-order valence-corrected chi connectivity index (χ4v) is 3.78. The zero-order valence-corrected chi connectivity index (χ0v) is 13.6. The lowest BCUT2D eigenvalue weighted by Gasteiger charge is -2.28. The molecule has 3 nitrogen and oxygen atoms in total. The molecule has 0 aliphatic heterocycles. The van der Waals surface area contributed by atoms with E-state index in [9.17, 15) is 4.79 Å². The number of carbonyl (C=O) groups excluding carboxylic acids is 1. The number of hydrogen-bond acceptors (Lipinski definition) is 3. The van der Waals surface area contributed by atoms with E-state index in [-0.39, 0.29) is 17.9 Å². The normalized spacial score (nSPS) is 19.8. The third kappa shape index (κ3) is 3.41. The molecule has 0 spiro atoms. The first kappa shape index (κ1) is 15.5. The van der Waals surface area contributed by atoms with E-state index in [1.807, 2.05) is 11.9 Å². The van der Waals surface area contributed by atoms with Crippen molar-refractivity contribution in [2.75, 3.05) is 13.6 Å². The molecule has 0 fully saturated rings. The van der Waals surface area contributed by atoms with E-state index in [2.05, 4.69) is 25.3 Å². The minimum atomic E-state index is 0.0743. The van der Waals surface area contributed by atoms with Crippen LogP contribution in [0.1, 0.15) is 49.5 Å². The summed E-state index contributed by atoms with van der Waals surface area (Å²) in [7, 11) is 1.91. The smallest absolute Gasteiger partial charge is 0.229 e. The first-order valence-corrected chi connectivity index (χ1v) is 8.45. The van der Waals surface area contributed by atoms with E-state index in [1.165, 1.54) is 10.4 Å². The number of hydrogen-bond donors (Lipinski definition) is 1. The number of nitrogens with zero attached hydrogens (tertiary/aromatic N) is 1. The molecule has 0 aromatic carbocycles. The SMILES string of the molecule is CC(C)C(N)CCN(C)C(=O)C1CCCc2sccc21. The maximum absolute atomic E-state index is 12.6. The van der Waals surface area contributed by atoms with Gasteiger partial charge < -0.3 is 10.6 Å². The van der Waals surface area contributed by atoms with E-state index >= 15 is 0 Å². The van der Waals surface area contributed by atoms with Crippen LogP contribution in [0.25, 0.3) is 0 Å². The monoisotopic (exact) mass is 294 g/mol. The predicted molar refractivity (Wildman–Crippen MR) is 85.1 cm³/mol. The molecule has 2 rings (SSSR count). The highest BCUT2D eigenvalue weighted by Gasteiger charge is 2.29. The van der Waals surface area contributed by atoms with E-state index in [0.29, 0.717) is 5.92 Å². The Labute approximate surface area is 126 Å². The third-order valence-corrected chi connectivity index (χ3v) is 5.38. The first-order chi connectivity index (χ1) is 9.50. The molecular weight excluding hydrogens is 268 g/mol. The molecule has 1 aliphatic rings. The number of fused-ring (bicyclic) bond motifs is 1. The number of carbonyl (C=O) groups is 1. The van der Waals surface area contributed by atoms with E-state index in [1.54, 1.807) is 11.3 Å². The summed E-state index contributed by atoms with van der Waals surface area (Å²) in [5.74, 6) is 0.808. The van der Waals surface area contributed by atoms with Crippen LogP contribution in [0.15, 0.2) is 11.4 Å². The third-order valence-electron chi connectivity index (χ3n) is 4.38. The van der Waals surface area contributed by atoms with Gasteiger partial charge in [0.1, 0.15) is 0 Å². The van der Waals surface area contributed by atoms with Crippen LogP contribution in [0, 0.1) is 5.92 Å². The molecule has 0 bridgehead atoms. The van der Waals surface area contributed by atoms with Gasteiger partial charge in [-0.25, -0.2) is 0 Å². The van der Waals surface area contributed by atoms with Crippen molar-refractivity contribution in [1.82, 2.24) is 4.90 Å².